The second-order valence-corrected chi connectivity index (χ2v) is 5.78. The van der Waals surface area contributed by atoms with Crippen LogP contribution in [-0.4, -0.2) is 36.3 Å². The highest BCUT2D eigenvalue weighted by atomic mass is 35.5. The molecule has 0 atom stereocenters. The van der Waals surface area contributed by atoms with Gasteiger partial charge >= 0.3 is 0 Å². The Morgan fingerprint density at radius 2 is 2.09 bits per heavy atom. The van der Waals surface area contributed by atoms with Gasteiger partial charge in [0.1, 0.15) is 5.69 Å². The number of aryl methyl sites for hydroxylation is 1. The maximum atomic E-state index is 12.5. The van der Waals surface area contributed by atoms with Crippen molar-refractivity contribution in [3.8, 4) is 0 Å². The summed E-state index contributed by atoms with van der Waals surface area (Å²) in [5, 5.41) is 6.22. The largest absolute Gasteiger partial charge is 0.354 e. The van der Waals surface area contributed by atoms with Gasteiger partial charge in [0, 0.05) is 24.3 Å². The summed E-state index contributed by atoms with van der Waals surface area (Å²) in [5.41, 5.74) is 4.10. The predicted molar refractivity (Wildman–Crippen MR) is 94.7 cm³/mol. The van der Waals surface area contributed by atoms with Crippen LogP contribution in [0, 0.1) is 6.92 Å². The summed E-state index contributed by atoms with van der Waals surface area (Å²) in [7, 11) is 0. The molecule has 1 amide bonds. The summed E-state index contributed by atoms with van der Waals surface area (Å²) < 4.78 is 0. The van der Waals surface area contributed by atoms with Crippen molar-refractivity contribution in [1.29, 1.82) is 0 Å². The lowest BCUT2D eigenvalue weighted by molar-refractivity contribution is 0.0951. The molecule has 2 heterocycles. The van der Waals surface area contributed by atoms with E-state index >= 15 is 0 Å². The Morgan fingerprint density at radius 1 is 1.35 bits per heavy atom. The molecule has 0 saturated heterocycles. The molecule has 0 aliphatic carbocycles. The Hall–Kier alpha value is -1.59. The van der Waals surface area contributed by atoms with Gasteiger partial charge in [0.2, 0.25) is 0 Å². The summed E-state index contributed by atoms with van der Waals surface area (Å²) >= 11 is 0. The zero-order valence-corrected chi connectivity index (χ0v) is 14.9. The third-order valence-corrected chi connectivity index (χ3v) is 4.00. The minimum atomic E-state index is -0.126. The van der Waals surface area contributed by atoms with Crippen LogP contribution >= 0.6 is 12.4 Å². The molecule has 3 N–H and O–H groups in total. The van der Waals surface area contributed by atoms with Gasteiger partial charge in [-0.25, -0.2) is 0 Å². The molecule has 1 aliphatic rings. The van der Waals surface area contributed by atoms with Crippen molar-refractivity contribution in [1.82, 2.24) is 15.6 Å². The van der Waals surface area contributed by atoms with Gasteiger partial charge in [-0.15, -0.1) is 12.4 Å². The molecule has 0 spiro atoms. The number of halogens is 1. The van der Waals surface area contributed by atoms with E-state index < -0.39 is 0 Å². The van der Waals surface area contributed by atoms with Gasteiger partial charge in [-0.05, 0) is 38.8 Å². The average molecular weight is 340 g/mol. The molecule has 0 fully saturated rings. The number of Topliss-reactive ketones (excluding diaryl/α,β-unsaturated/α-hetero) is 1. The summed E-state index contributed by atoms with van der Waals surface area (Å²) in [6, 6.07) is 0. The molecule has 1 aliphatic heterocycles. The highest BCUT2D eigenvalue weighted by Gasteiger charge is 2.22. The van der Waals surface area contributed by atoms with E-state index in [2.05, 4.69) is 21.7 Å². The van der Waals surface area contributed by atoms with Crippen LogP contribution in [0.1, 0.15) is 58.8 Å². The number of ketones is 1. The molecule has 128 valence electrons. The smallest absolute Gasteiger partial charge is 0.268 e. The Bertz CT molecular complexity index is 605. The topological polar surface area (TPSA) is 74.0 Å². The van der Waals surface area contributed by atoms with E-state index in [1.165, 1.54) is 5.57 Å². The van der Waals surface area contributed by atoms with Crippen molar-refractivity contribution >= 4 is 24.1 Å². The molecule has 1 aromatic heterocycles. The Balaban J connectivity index is 0.00000264. The van der Waals surface area contributed by atoms with Crippen LogP contribution in [0.3, 0.4) is 0 Å². The van der Waals surface area contributed by atoms with Crippen molar-refractivity contribution < 1.29 is 9.59 Å². The number of carbonyl (C=O) groups is 2. The second-order valence-electron chi connectivity index (χ2n) is 5.78. The predicted octanol–water partition coefficient (Wildman–Crippen LogP) is 2.55. The van der Waals surface area contributed by atoms with E-state index in [0.29, 0.717) is 17.8 Å². The number of amides is 1. The lowest BCUT2D eigenvalue weighted by Crippen LogP contribution is -2.30. The number of aromatic nitrogens is 1. The molecule has 0 unspecified atom stereocenters. The van der Waals surface area contributed by atoms with Crippen LogP contribution in [0.25, 0.3) is 0 Å². The molecule has 23 heavy (non-hydrogen) atoms. The van der Waals surface area contributed by atoms with Crippen LogP contribution in [0.5, 0.6) is 0 Å². The average Bonchev–Trinajstić information content (AvgIpc) is 2.83. The lowest BCUT2D eigenvalue weighted by Gasteiger charge is -2.14. The number of aromatic amines is 1. The van der Waals surface area contributed by atoms with E-state index in [1.807, 2.05) is 13.8 Å². The fourth-order valence-electron chi connectivity index (χ4n) is 2.96. The fraction of sp³-hybridized carbons (Fsp3) is 0.529. The zero-order chi connectivity index (χ0) is 16.1. The second kappa shape index (κ2) is 8.89. The van der Waals surface area contributed by atoms with Gasteiger partial charge < -0.3 is 15.6 Å². The zero-order valence-electron chi connectivity index (χ0n) is 14.0. The molecule has 5 nitrogen and oxygen atoms in total. The molecule has 0 saturated carbocycles. The van der Waals surface area contributed by atoms with Gasteiger partial charge in [-0.1, -0.05) is 25.0 Å². The monoisotopic (exact) mass is 339 g/mol. The van der Waals surface area contributed by atoms with Crippen molar-refractivity contribution in [3.63, 3.8) is 0 Å². The van der Waals surface area contributed by atoms with Crippen molar-refractivity contribution in [2.24, 2.45) is 0 Å². The van der Waals surface area contributed by atoms with Crippen molar-refractivity contribution in [2.75, 3.05) is 19.6 Å². The quantitative estimate of drug-likeness (QED) is 0.551. The normalized spacial score (nSPS) is 14.0. The van der Waals surface area contributed by atoms with Crippen molar-refractivity contribution in [2.45, 2.75) is 40.0 Å². The number of carbonyl (C=O) groups excluding carboxylic acids is 2. The molecule has 0 bridgehead atoms. The van der Waals surface area contributed by atoms with Gasteiger partial charge in [0.15, 0.2) is 5.78 Å². The van der Waals surface area contributed by atoms with Crippen LogP contribution in [0.4, 0.5) is 0 Å². The third kappa shape index (κ3) is 4.69. The summed E-state index contributed by atoms with van der Waals surface area (Å²) in [6.45, 7) is 7.84. The SMILES string of the molecule is CCCc1c(C(=O)NCC2=CCNCC2)[nH]c(C)c1C(C)=O.Cl. The molecule has 1 aromatic rings. The van der Waals surface area contributed by atoms with Crippen LogP contribution in [0.15, 0.2) is 11.6 Å². The molecule has 0 aromatic carbocycles. The maximum absolute atomic E-state index is 12.5. The van der Waals surface area contributed by atoms with Crippen LogP contribution in [-0.2, 0) is 6.42 Å². The number of hydrogen-bond donors (Lipinski definition) is 3. The first-order chi connectivity index (χ1) is 10.5. The highest BCUT2D eigenvalue weighted by molar-refractivity contribution is 6.02. The van der Waals surface area contributed by atoms with Crippen molar-refractivity contribution in [3.05, 3.63) is 34.2 Å². The minimum absolute atomic E-state index is 0. The Labute approximate surface area is 143 Å². The molecular weight excluding hydrogens is 314 g/mol. The Morgan fingerprint density at radius 3 is 2.65 bits per heavy atom. The van der Waals surface area contributed by atoms with Gasteiger partial charge in [-0.2, -0.15) is 0 Å². The fourth-order valence-corrected chi connectivity index (χ4v) is 2.96. The molecule has 2 rings (SSSR count). The minimum Gasteiger partial charge on any atom is -0.354 e. The summed E-state index contributed by atoms with van der Waals surface area (Å²) in [6.07, 6.45) is 4.71. The van der Waals surface area contributed by atoms with Crippen LogP contribution in [0.2, 0.25) is 0 Å². The third-order valence-electron chi connectivity index (χ3n) is 4.00. The first kappa shape index (κ1) is 19.5. The van der Waals surface area contributed by atoms with E-state index in [1.54, 1.807) is 6.92 Å². The molecule has 6 heteroatoms. The lowest BCUT2D eigenvalue weighted by atomic mass is 10.0. The summed E-state index contributed by atoms with van der Waals surface area (Å²) in [5.74, 6) is -0.115. The van der Waals surface area contributed by atoms with Gasteiger partial charge in [-0.3, -0.25) is 9.59 Å². The Kier molecular flexibility index (Phi) is 7.52. The van der Waals surface area contributed by atoms with E-state index in [9.17, 15) is 9.59 Å². The van der Waals surface area contributed by atoms with Gasteiger partial charge in [0.05, 0.1) is 0 Å². The molecule has 0 radical (unpaired) electrons. The van der Waals surface area contributed by atoms with Crippen LogP contribution < -0.4 is 10.6 Å². The number of hydrogen-bond acceptors (Lipinski definition) is 3. The highest BCUT2D eigenvalue weighted by Crippen LogP contribution is 2.21. The number of rotatable bonds is 6. The number of H-pyrrole nitrogens is 1. The number of nitrogens with one attached hydrogen (secondary N) is 3. The first-order valence-electron chi connectivity index (χ1n) is 7.93. The van der Waals surface area contributed by atoms with E-state index in [0.717, 1.165) is 43.6 Å². The standard InChI is InChI=1S/C17H25N3O2.ClH/c1-4-5-14-15(12(3)21)11(2)20-16(14)17(22)19-10-13-6-8-18-9-7-13;/h6,18,20H,4-5,7-10H2,1-3H3,(H,19,22);1H. The van der Waals surface area contributed by atoms with E-state index in [4.69, 9.17) is 0 Å². The maximum Gasteiger partial charge on any atom is 0.268 e. The summed E-state index contributed by atoms with van der Waals surface area (Å²) in [4.78, 5) is 27.4. The van der Waals surface area contributed by atoms with Gasteiger partial charge in [0.25, 0.3) is 5.91 Å². The van der Waals surface area contributed by atoms with E-state index in [-0.39, 0.29) is 24.1 Å². The first-order valence-corrected chi connectivity index (χ1v) is 7.93. The molecular formula is C17H26ClN3O2.